The van der Waals surface area contributed by atoms with Gasteiger partial charge in [-0.05, 0) is 50.4 Å². The largest absolute Gasteiger partial charge is 0.364 e. The van der Waals surface area contributed by atoms with Gasteiger partial charge in [0.15, 0.2) is 0 Å². The minimum Gasteiger partial charge on any atom is -0.364 e. The maximum Gasteiger partial charge on any atom is 0.0432 e. The Morgan fingerprint density at radius 2 is 1.37 bits per heavy atom. The fraction of sp³-hybridized carbons (Fsp3) is 0.500. The number of hydrogen-bond acceptors (Lipinski definition) is 3. The lowest BCUT2D eigenvalue weighted by atomic mass is 9.88. The summed E-state index contributed by atoms with van der Waals surface area (Å²) in [5.74, 6) is 0. The number of rotatable bonds is 5. The molecule has 0 N–H and O–H groups in total. The highest BCUT2D eigenvalue weighted by Gasteiger charge is 2.30. The normalized spacial score (nSPS) is 24.6. The molecule has 2 fully saturated rings. The molecule has 144 valence electrons. The van der Waals surface area contributed by atoms with Gasteiger partial charge in [0, 0.05) is 50.5 Å². The molecule has 0 bridgehead atoms. The number of para-hydroxylation sites is 1. The Bertz CT molecular complexity index is 671. The van der Waals surface area contributed by atoms with Gasteiger partial charge in [-0.25, -0.2) is 0 Å². The van der Waals surface area contributed by atoms with Gasteiger partial charge in [-0.15, -0.1) is 0 Å². The van der Waals surface area contributed by atoms with E-state index in [-0.39, 0.29) is 0 Å². The Labute approximate surface area is 164 Å². The fourth-order valence-electron chi connectivity index (χ4n) is 4.75. The van der Waals surface area contributed by atoms with E-state index in [2.05, 4.69) is 82.4 Å². The van der Waals surface area contributed by atoms with Crippen LogP contribution in [0.3, 0.4) is 0 Å². The molecule has 2 aromatic carbocycles. The summed E-state index contributed by atoms with van der Waals surface area (Å²) < 4.78 is 0. The lowest BCUT2D eigenvalue weighted by Crippen LogP contribution is -2.51. The first-order valence-corrected chi connectivity index (χ1v) is 10.6. The molecule has 0 atom stereocenters. The molecule has 2 aliphatic rings. The van der Waals surface area contributed by atoms with E-state index in [1.807, 2.05) is 0 Å². The van der Waals surface area contributed by atoms with E-state index in [1.165, 1.54) is 63.1 Å². The van der Waals surface area contributed by atoms with Gasteiger partial charge in [0.1, 0.15) is 0 Å². The van der Waals surface area contributed by atoms with Gasteiger partial charge < -0.3 is 9.80 Å². The minimum atomic E-state index is 0.649. The Morgan fingerprint density at radius 3 is 2.00 bits per heavy atom. The predicted octanol–water partition coefficient (Wildman–Crippen LogP) is 4.25. The molecule has 3 nitrogen and oxygen atoms in total. The molecule has 2 aromatic rings. The summed E-state index contributed by atoms with van der Waals surface area (Å²) in [6.07, 6.45) is 5.29. The van der Waals surface area contributed by atoms with Crippen LogP contribution in [0.5, 0.6) is 0 Å². The summed E-state index contributed by atoms with van der Waals surface area (Å²) in [4.78, 5) is 7.86. The van der Waals surface area contributed by atoms with Crippen molar-refractivity contribution < 1.29 is 0 Å². The second kappa shape index (κ2) is 8.90. The van der Waals surface area contributed by atoms with Crippen molar-refractivity contribution in [1.82, 2.24) is 9.80 Å². The van der Waals surface area contributed by atoms with Crippen LogP contribution < -0.4 is 4.90 Å². The summed E-state index contributed by atoms with van der Waals surface area (Å²) >= 11 is 0. The van der Waals surface area contributed by atoms with Gasteiger partial charge in [-0.3, -0.25) is 4.90 Å². The molecule has 4 rings (SSSR count). The van der Waals surface area contributed by atoms with Crippen molar-refractivity contribution in [3.05, 3.63) is 66.2 Å². The molecule has 0 spiro atoms. The quantitative estimate of drug-likeness (QED) is 0.786. The first-order valence-electron chi connectivity index (χ1n) is 10.6. The molecule has 0 aromatic heterocycles. The fourth-order valence-corrected chi connectivity index (χ4v) is 4.75. The van der Waals surface area contributed by atoms with E-state index < -0.39 is 0 Å². The molecule has 1 aliphatic heterocycles. The van der Waals surface area contributed by atoms with Gasteiger partial charge in [0.05, 0.1) is 0 Å². The third-order valence-electron chi connectivity index (χ3n) is 6.44. The van der Waals surface area contributed by atoms with Crippen molar-refractivity contribution >= 4 is 5.69 Å². The van der Waals surface area contributed by atoms with Gasteiger partial charge in [0.2, 0.25) is 0 Å². The van der Waals surface area contributed by atoms with Crippen LogP contribution in [0.15, 0.2) is 60.7 Å². The summed E-state index contributed by atoms with van der Waals surface area (Å²) in [6, 6.07) is 23.4. The Balaban J connectivity index is 1.42. The third-order valence-corrected chi connectivity index (χ3v) is 6.44. The standard InChI is InChI=1S/C24H33N3/c1-25-16-18-26(19-17-25)22-12-14-24(15-13-22)27(23-10-6-3-7-11-23)20-21-8-4-2-5-9-21/h2-11,22,24H,12-20H2,1H3. The first kappa shape index (κ1) is 18.5. The monoisotopic (exact) mass is 363 g/mol. The number of benzene rings is 2. The van der Waals surface area contributed by atoms with E-state index in [1.54, 1.807) is 0 Å². The molecule has 3 heteroatoms. The zero-order valence-electron chi connectivity index (χ0n) is 16.6. The summed E-state index contributed by atoms with van der Waals surface area (Å²) in [5, 5.41) is 0. The number of piperazine rings is 1. The highest BCUT2D eigenvalue weighted by Crippen LogP contribution is 2.31. The van der Waals surface area contributed by atoms with Crippen LogP contribution >= 0.6 is 0 Å². The maximum atomic E-state index is 2.75. The average molecular weight is 364 g/mol. The molecular weight excluding hydrogens is 330 g/mol. The number of nitrogens with zero attached hydrogens (tertiary/aromatic N) is 3. The van der Waals surface area contributed by atoms with Crippen molar-refractivity contribution in [3.63, 3.8) is 0 Å². The Hall–Kier alpha value is -1.84. The maximum absolute atomic E-state index is 2.75. The van der Waals surface area contributed by atoms with Crippen LogP contribution in [-0.4, -0.2) is 55.1 Å². The second-order valence-electron chi connectivity index (χ2n) is 8.25. The zero-order valence-corrected chi connectivity index (χ0v) is 16.6. The Morgan fingerprint density at radius 1 is 0.778 bits per heavy atom. The van der Waals surface area contributed by atoms with Crippen molar-refractivity contribution in [2.45, 2.75) is 44.3 Å². The van der Waals surface area contributed by atoms with Gasteiger partial charge in [-0.1, -0.05) is 48.5 Å². The second-order valence-corrected chi connectivity index (χ2v) is 8.25. The van der Waals surface area contributed by atoms with Crippen molar-refractivity contribution in [2.24, 2.45) is 0 Å². The van der Waals surface area contributed by atoms with E-state index in [4.69, 9.17) is 0 Å². The number of likely N-dealkylation sites (N-methyl/N-ethyl adjacent to an activating group) is 1. The molecule has 1 saturated heterocycles. The highest BCUT2D eigenvalue weighted by atomic mass is 15.3. The van der Waals surface area contributed by atoms with Crippen LogP contribution in [0, 0.1) is 0 Å². The van der Waals surface area contributed by atoms with Crippen molar-refractivity contribution in [2.75, 3.05) is 38.1 Å². The third kappa shape index (κ3) is 4.72. The first-order chi connectivity index (χ1) is 13.3. The van der Waals surface area contributed by atoms with Gasteiger partial charge in [0.25, 0.3) is 0 Å². The van der Waals surface area contributed by atoms with Crippen molar-refractivity contribution in [1.29, 1.82) is 0 Å². The van der Waals surface area contributed by atoms with Crippen LogP contribution in [0.2, 0.25) is 0 Å². The van der Waals surface area contributed by atoms with E-state index in [0.717, 1.165) is 12.6 Å². The van der Waals surface area contributed by atoms with Crippen LogP contribution in [-0.2, 0) is 6.54 Å². The molecule has 1 heterocycles. The summed E-state index contributed by atoms with van der Waals surface area (Å²) in [6.45, 7) is 5.96. The summed E-state index contributed by atoms with van der Waals surface area (Å²) in [7, 11) is 2.25. The topological polar surface area (TPSA) is 9.72 Å². The Kier molecular flexibility index (Phi) is 6.10. The zero-order chi connectivity index (χ0) is 18.5. The predicted molar refractivity (Wildman–Crippen MR) is 114 cm³/mol. The highest BCUT2D eigenvalue weighted by molar-refractivity contribution is 5.48. The molecular formula is C24H33N3. The molecule has 27 heavy (non-hydrogen) atoms. The number of anilines is 1. The SMILES string of the molecule is CN1CCN(C2CCC(N(Cc3ccccc3)c3ccccc3)CC2)CC1. The molecule has 0 amide bonds. The van der Waals surface area contributed by atoms with Gasteiger partial charge in [-0.2, -0.15) is 0 Å². The van der Waals surface area contributed by atoms with Gasteiger partial charge >= 0.3 is 0 Å². The smallest absolute Gasteiger partial charge is 0.0432 e. The van der Waals surface area contributed by atoms with Crippen LogP contribution in [0.4, 0.5) is 5.69 Å². The lowest BCUT2D eigenvalue weighted by Gasteiger charge is -2.44. The lowest BCUT2D eigenvalue weighted by molar-refractivity contribution is 0.0874. The summed E-state index contributed by atoms with van der Waals surface area (Å²) in [5.41, 5.74) is 2.77. The van der Waals surface area contributed by atoms with Crippen LogP contribution in [0.1, 0.15) is 31.2 Å². The minimum absolute atomic E-state index is 0.649. The van der Waals surface area contributed by atoms with E-state index >= 15 is 0 Å². The van der Waals surface area contributed by atoms with E-state index in [9.17, 15) is 0 Å². The molecule has 1 aliphatic carbocycles. The molecule has 1 saturated carbocycles. The molecule has 0 radical (unpaired) electrons. The average Bonchev–Trinajstić information content (AvgIpc) is 2.74. The number of hydrogen-bond donors (Lipinski definition) is 0. The van der Waals surface area contributed by atoms with E-state index in [0.29, 0.717) is 6.04 Å². The van der Waals surface area contributed by atoms with Crippen LogP contribution in [0.25, 0.3) is 0 Å². The molecule has 0 unspecified atom stereocenters. The van der Waals surface area contributed by atoms with Crippen molar-refractivity contribution in [3.8, 4) is 0 Å².